The normalized spacial score (nSPS) is 19.5. The van der Waals surface area contributed by atoms with Gasteiger partial charge in [0.25, 0.3) is 5.91 Å². The second-order valence-corrected chi connectivity index (χ2v) is 16.5. The lowest BCUT2D eigenvalue weighted by molar-refractivity contribution is -0.149. The molecule has 266 valence electrons. The van der Waals surface area contributed by atoms with E-state index in [9.17, 15) is 19.2 Å². The summed E-state index contributed by atoms with van der Waals surface area (Å²) in [5.74, 6) is -0.253. The first-order valence-electron chi connectivity index (χ1n) is 17.6. The highest BCUT2D eigenvalue weighted by molar-refractivity contribution is 7.10. The minimum absolute atomic E-state index is 0.0181. The van der Waals surface area contributed by atoms with Gasteiger partial charge in [-0.2, -0.15) is 0 Å². The fraction of sp³-hybridized carbons (Fsp3) is 0.722. The Morgan fingerprint density at radius 3 is 2.35 bits per heavy atom. The molecule has 0 aromatic carbocycles. The van der Waals surface area contributed by atoms with Crippen molar-refractivity contribution in [3.63, 3.8) is 0 Å². The van der Waals surface area contributed by atoms with Gasteiger partial charge in [-0.3, -0.25) is 24.1 Å². The minimum Gasteiger partial charge on any atom is -0.455 e. The highest BCUT2D eigenvalue weighted by Gasteiger charge is 2.42. The molecule has 1 aliphatic carbocycles. The number of Topliss-reactive ketones (excluding diaryl/α,β-unsaturated/α-hetero) is 1. The zero-order valence-electron chi connectivity index (χ0n) is 30.0. The molecular formula is C36H55N5O5S2. The SMILES string of the molecule is CC(=O)O[C@H](C[C@H](C(C)C)N(C)C(=O)[C@@H](CC(=O)[C@H]1CCCCN1C)C1CC1)c1nc(C(=O)N[C@@H](Cc2nc(C)cs2)CC(C)C)cs1. The molecule has 2 aromatic heterocycles. The molecule has 2 aromatic rings. The molecule has 0 bridgehead atoms. The predicted octanol–water partition coefficient (Wildman–Crippen LogP) is 6.24. The molecule has 0 unspecified atom stereocenters. The number of likely N-dealkylation sites (N-methyl/N-ethyl adjacent to an activating group) is 1. The molecule has 2 aliphatic rings. The first-order valence-corrected chi connectivity index (χ1v) is 19.3. The highest BCUT2D eigenvalue weighted by atomic mass is 32.1. The topological polar surface area (TPSA) is 122 Å². The van der Waals surface area contributed by atoms with Crippen molar-refractivity contribution in [1.82, 2.24) is 25.1 Å². The summed E-state index contributed by atoms with van der Waals surface area (Å²) in [5, 5.41) is 8.39. The number of amides is 2. The van der Waals surface area contributed by atoms with Crippen molar-refractivity contribution in [3.8, 4) is 0 Å². The van der Waals surface area contributed by atoms with Crippen molar-refractivity contribution in [3.05, 3.63) is 32.2 Å². The van der Waals surface area contributed by atoms with Gasteiger partial charge in [0, 0.05) is 67.7 Å². The van der Waals surface area contributed by atoms with Gasteiger partial charge in [-0.15, -0.1) is 22.7 Å². The van der Waals surface area contributed by atoms with Crippen LogP contribution in [0.15, 0.2) is 10.8 Å². The van der Waals surface area contributed by atoms with Gasteiger partial charge in [0.1, 0.15) is 10.7 Å². The molecule has 0 spiro atoms. The van der Waals surface area contributed by atoms with E-state index < -0.39 is 12.1 Å². The summed E-state index contributed by atoms with van der Waals surface area (Å²) >= 11 is 2.88. The molecule has 3 heterocycles. The Labute approximate surface area is 294 Å². The van der Waals surface area contributed by atoms with Crippen molar-refractivity contribution in [2.45, 2.75) is 124 Å². The standard InChI is InChI=1S/C36H55N5O5S2/c1-21(2)15-26(16-33-37-23(5)19-47-33)38-34(44)28-20-48-35(39-28)32(46-24(6)42)18-30(22(3)4)41(8)36(45)27(25-12-13-25)17-31(43)29-11-9-10-14-40(29)7/h19-22,25-27,29-30,32H,9-18H2,1-8H3,(H,38,44)/t26-,27+,29-,30-,32-/m1/s1. The third-order valence-electron chi connectivity index (χ3n) is 9.66. The number of hydrogen-bond acceptors (Lipinski definition) is 10. The van der Waals surface area contributed by atoms with E-state index >= 15 is 0 Å². The molecule has 1 N–H and O–H groups in total. The van der Waals surface area contributed by atoms with Crippen LogP contribution in [0.2, 0.25) is 0 Å². The van der Waals surface area contributed by atoms with Crippen LogP contribution in [0.25, 0.3) is 0 Å². The third-order valence-corrected chi connectivity index (χ3v) is 11.6. The fourth-order valence-electron chi connectivity index (χ4n) is 6.98. The van der Waals surface area contributed by atoms with Crippen LogP contribution in [-0.2, 0) is 25.5 Å². The minimum atomic E-state index is -0.724. The van der Waals surface area contributed by atoms with Gasteiger partial charge < -0.3 is 15.0 Å². The van der Waals surface area contributed by atoms with Gasteiger partial charge in [-0.1, -0.05) is 34.1 Å². The number of ether oxygens (including phenoxy) is 1. The first-order chi connectivity index (χ1) is 22.7. The Hall–Kier alpha value is -2.70. The van der Waals surface area contributed by atoms with Crippen LogP contribution < -0.4 is 5.32 Å². The zero-order valence-corrected chi connectivity index (χ0v) is 31.6. The number of esters is 1. The Morgan fingerprint density at radius 1 is 1.04 bits per heavy atom. The summed E-state index contributed by atoms with van der Waals surface area (Å²) in [6.45, 7) is 12.6. The van der Waals surface area contributed by atoms with Crippen LogP contribution in [-0.4, -0.2) is 82.1 Å². The molecule has 4 rings (SSSR count). The number of piperidine rings is 1. The summed E-state index contributed by atoms with van der Waals surface area (Å²) in [6, 6.07) is -0.470. The van der Waals surface area contributed by atoms with Gasteiger partial charge in [0.15, 0.2) is 11.9 Å². The number of nitrogens with one attached hydrogen (secondary N) is 1. The van der Waals surface area contributed by atoms with Crippen LogP contribution in [0, 0.1) is 30.6 Å². The maximum absolute atomic E-state index is 14.1. The van der Waals surface area contributed by atoms with Gasteiger partial charge >= 0.3 is 5.97 Å². The van der Waals surface area contributed by atoms with Crippen molar-refractivity contribution < 1.29 is 23.9 Å². The number of carbonyl (C=O) groups excluding carboxylic acids is 4. The van der Waals surface area contributed by atoms with Crippen LogP contribution in [0.3, 0.4) is 0 Å². The van der Waals surface area contributed by atoms with Crippen LogP contribution in [0.1, 0.15) is 118 Å². The summed E-state index contributed by atoms with van der Waals surface area (Å²) < 4.78 is 5.80. The largest absolute Gasteiger partial charge is 0.455 e. The monoisotopic (exact) mass is 701 g/mol. The van der Waals surface area contributed by atoms with Crippen LogP contribution >= 0.6 is 22.7 Å². The summed E-state index contributed by atoms with van der Waals surface area (Å²) in [5.41, 5.74) is 1.25. The smallest absolute Gasteiger partial charge is 0.303 e. The number of aryl methyl sites for hydroxylation is 1. The highest BCUT2D eigenvalue weighted by Crippen LogP contribution is 2.41. The van der Waals surface area contributed by atoms with E-state index in [1.165, 1.54) is 18.3 Å². The molecule has 10 nitrogen and oxygen atoms in total. The van der Waals surface area contributed by atoms with E-state index in [1.54, 1.807) is 21.6 Å². The number of ketones is 1. The van der Waals surface area contributed by atoms with E-state index in [4.69, 9.17) is 4.74 Å². The lowest BCUT2D eigenvalue weighted by Crippen LogP contribution is -2.47. The number of aromatic nitrogens is 2. The first kappa shape index (κ1) is 38.1. The third kappa shape index (κ3) is 10.6. The van der Waals surface area contributed by atoms with E-state index in [-0.39, 0.29) is 65.6 Å². The van der Waals surface area contributed by atoms with E-state index in [0.717, 1.165) is 55.8 Å². The van der Waals surface area contributed by atoms with Crippen molar-refractivity contribution in [2.24, 2.45) is 23.7 Å². The molecular weight excluding hydrogens is 647 g/mol. The number of hydrogen-bond donors (Lipinski definition) is 1. The Morgan fingerprint density at radius 2 is 1.77 bits per heavy atom. The van der Waals surface area contributed by atoms with Crippen molar-refractivity contribution >= 4 is 46.2 Å². The molecule has 1 saturated heterocycles. The fourth-order valence-corrected chi connectivity index (χ4v) is 8.67. The second-order valence-electron chi connectivity index (χ2n) is 14.7. The molecule has 0 radical (unpaired) electrons. The molecule has 2 amide bonds. The average molecular weight is 702 g/mol. The zero-order chi connectivity index (χ0) is 35.1. The predicted molar refractivity (Wildman–Crippen MR) is 190 cm³/mol. The Kier molecular flexibility index (Phi) is 13.7. The number of thiazole rings is 2. The molecule has 5 atom stereocenters. The number of rotatable bonds is 17. The van der Waals surface area contributed by atoms with E-state index in [0.29, 0.717) is 23.8 Å². The average Bonchev–Trinajstić information content (AvgIpc) is 3.58. The maximum Gasteiger partial charge on any atom is 0.303 e. The van der Waals surface area contributed by atoms with Gasteiger partial charge in [-0.25, -0.2) is 9.97 Å². The Balaban J connectivity index is 1.47. The maximum atomic E-state index is 14.1. The van der Waals surface area contributed by atoms with Gasteiger partial charge in [-0.05, 0) is 70.4 Å². The number of likely N-dealkylation sites (tertiary alicyclic amines) is 1. The van der Waals surface area contributed by atoms with E-state index in [2.05, 4.69) is 34.0 Å². The quantitative estimate of drug-likeness (QED) is 0.193. The second kappa shape index (κ2) is 17.3. The molecule has 1 aliphatic heterocycles. The van der Waals surface area contributed by atoms with Gasteiger partial charge in [0.05, 0.1) is 11.0 Å². The molecule has 12 heteroatoms. The summed E-state index contributed by atoms with van der Waals surface area (Å²) in [7, 11) is 3.82. The van der Waals surface area contributed by atoms with E-state index in [1.807, 2.05) is 40.2 Å². The van der Waals surface area contributed by atoms with Gasteiger partial charge in [0.2, 0.25) is 5.91 Å². The van der Waals surface area contributed by atoms with Crippen molar-refractivity contribution in [2.75, 3.05) is 20.6 Å². The van der Waals surface area contributed by atoms with Crippen LogP contribution in [0.4, 0.5) is 0 Å². The molecule has 48 heavy (non-hydrogen) atoms. The van der Waals surface area contributed by atoms with Crippen LogP contribution in [0.5, 0.6) is 0 Å². The molecule has 1 saturated carbocycles. The van der Waals surface area contributed by atoms with Crippen molar-refractivity contribution in [1.29, 1.82) is 0 Å². The molecule has 2 fully saturated rings. The summed E-state index contributed by atoms with van der Waals surface area (Å²) in [4.78, 5) is 66.4. The number of carbonyl (C=O) groups is 4. The Bertz CT molecular complexity index is 1400. The lowest BCUT2D eigenvalue weighted by Gasteiger charge is -2.36. The lowest BCUT2D eigenvalue weighted by atomic mass is 9.88. The summed E-state index contributed by atoms with van der Waals surface area (Å²) in [6.07, 6.45) is 6.26. The number of nitrogens with zero attached hydrogens (tertiary/aromatic N) is 4.